The number of hydrogen-bond acceptors (Lipinski definition) is 7. The van der Waals surface area contributed by atoms with Crippen LogP contribution >= 0.6 is 0 Å². The highest BCUT2D eigenvalue weighted by Gasteiger charge is 2.18. The van der Waals surface area contributed by atoms with Crippen molar-refractivity contribution in [2.45, 2.75) is 33.7 Å². The average Bonchev–Trinajstić information content (AvgIpc) is 3.25. The zero-order valence-corrected chi connectivity index (χ0v) is 21.4. The molecule has 184 valence electrons. The molecule has 0 unspecified atom stereocenters. The zero-order chi connectivity index (χ0) is 24.9. The van der Waals surface area contributed by atoms with Crippen molar-refractivity contribution < 1.29 is 0 Å². The molecule has 3 N–H and O–H groups in total. The Labute approximate surface area is 209 Å². The first-order valence-corrected chi connectivity index (χ1v) is 12.3. The Kier molecular flexibility index (Phi) is 7.56. The first-order chi connectivity index (χ1) is 16.9. The van der Waals surface area contributed by atoms with E-state index in [1.54, 1.807) is 0 Å². The molecule has 0 bridgehead atoms. The van der Waals surface area contributed by atoms with Crippen molar-refractivity contribution in [3.8, 4) is 0 Å². The number of piperazine rings is 1. The minimum atomic E-state index is 0.536. The molecular weight excluding hydrogens is 434 g/mol. The van der Waals surface area contributed by atoms with Crippen LogP contribution in [0.25, 0.3) is 5.70 Å². The first-order valence-electron chi connectivity index (χ1n) is 12.3. The van der Waals surface area contributed by atoms with E-state index in [0.717, 1.165) is 78.7 Å². The molecule has 0 saturated carbocycles. The van der Waals surface area contributed by atoms with Crippen LogP contribution in [0, 0.1) is 6.92 Å². The van der Waals surface area contributed by atoms with Crippen LogP contribution in [0.4, 0.5) is 17.5 Å². The van der Waals surface area contributed by atoms with Crippen LogP contribution in [0.5, 0.6) is 0 Å². The summed E-state index contributed by atoms with van der Waals surface area (Å²) in [5.41, 5.74) is 8.42. The largest absolute Gasteiger partial charge is 0.381 e. The molecule has 7 nitrogen and oxygen atoms in total. The predicted octanol–water partition coefficient (Wildman–Crippen LogP) is 5.02. The topological polar surface area (TPSA) is 68.3 Å². The average molecular weight is 472 g/mol. The van der Waals surface area contributed by atoms with Crippen molar-refractivity contribution in [3.05, 3.63) is 83.4 Å². The number of allylic oxidation sites excluding steroid dienone is 4. The van der Waals surface area contributed by atoms with Gasteiger partial charge < -0.3 is 25.8 Å². The molecule has 0 atom stereocenters. The molecule has 2 aromatic rings. The Morgan fingerprint density at radius 3 is 2.71 bits per heavy atom. The molecule has 0 spiro atoms. The van der Waals surface area contributed by atoms with Gasteiger partial charge in [-0.3, -0.25) is 0 Å². The molecule has 2 aliphatic rings. The van der Waals surface area contributed by atoms with Crippen molar-refractivity contribution in [3.63, 3.8) is 0 Å². The lowest BCUT2D eigenvalue weighted by atomic mass is 10.1. The lowest BCUT2D eigenvalue weighted by Gasteiger charge is -2.34. The van der Waals surface area contributed by atoms with Crippen LogP contribution in [0.15, 0.2) is 66.7 Å². The van der Waals surface area contributed by atoms with Gasteiger partial charge in [-0.1, -0.05) is 32.2 Å². The van der Waals surface area contributed by atoms with Crippen LogP contribution in [0.3, 0.4) is 0 Å². The van der Waals surface area contributed by atoms with Gasteiger partial charge in [0.05, 0.1) is 0 Å². The lowest BCUT2D eigenvalue weighted by molar-refractivity contribution is 0.186. The maximum Gasteiger partial charge on any atom is 0.229 e. The summed E-state index contributed by atoms with van der Waals surface area (Å²) in [6, 6.07) is 6.23. The molecule has 4 rings (SSSR count). The minimum Gasteiger partial charge on any atom is -0.381 e. The summed E-state index contributed by atoms with van der Waals surface area (Å²) in [5.74, 6) is 1.30. The number of aromatic nitrogens is 2. The maximum absolute atomic E-state index is 4.80. The Morgan fingerprint density at radius 2 is 1.97 bits per heavy atom. The van der Waals surface area contributed by atoms with Gasteiger partial charge in [0, 0.05) is 72.8 Å². The Morgan fingerprint density at radius 1 is 1.20 bits per heavy atom. The third-order valence-electron chi connectivity index (χ3n) is 6.72. The Bertz CT molecular complexity index is 1170. The molecule has 1 aromatic heterocycles. The Hall–Kier alpha value is -3.58. The fraction of sp³-hybridized carbons (Fsp3) is 0.357. The van der Waals surface area contributed by atoms with Crippen LogP contribution < -0.4 is 16.0 Å². The second-order valence-corrected chi connectivity index (χ2v) is 9.28. The molecule has 2 aliphatic heterocycles. The molecular formula is C28H37N7. The number of nitrogens with zero attached hydrogens (tertiary/aromatic N) is 4. The van der Waals surface area contributed by atoms with Gasteiger partial charge in [-0.2, -0.15) is 4.98 Å². The summed E-state index contributed by atoms with van der Waals surface area (Å²) in [6.07, 6.45) is 6.93. The number of rotatable bonds is 8. The quantitative estimate of drug-likeness (QED) is 0.467. The number of likely N-dealkylation sites (N-methyl/N-ethyl adjacent to an activating group) is 1. The van der Waals surface area contributed by atoms with Crippen molar-refractivity contribution in [2.24, 2.45) is 0 Å². The van der Waals surface area contributed by atoms with Crippen LogP contribution in [-0.4, -0.2) is 53.0 Å². The molecule has 1 fully saturated rings. The Balaban J connectivity index is 1.55. The normalized spacial score (nSPS) is 16.7. The van der Waals surface area contributed by atoms with Crippen molar-refractivity contribution in [1.29, 1.82) is 0 Å². The SMILES string of the molecule is C=C(CC)/C(=C\C=C(/C)N1CCN(C)CC1)Nc1ncc(C)c(Nc2cccc3c2C(=C)NC3)n1. The van der Waals surface area contributed by atoms with Gasteiger partial charge in [-0.15, -0.1) is 0 Å². The summed E-state index contributed by atoms with van der Waals surface area (Å²) in [7, 11) is 2.17. The van der Waals surface area contributed by atoms with Gasteiger partial charge in [0.15, 0.2) is 0 Å². The molecule has 0 radical (unpaired) electrons. The second kappa shape index (κ2) is 10.8. The fourth-order valence-corrected chi connectivity index (χ4v) is 4.28. The van der Waals surface area contributed by atoms with Crippen LogP contribution in [-0.2, 0) is 6.54 Å². The predicted molar refractivity (Wildman–Crippen MR) is 146 cm³/mol. The number of fused-ring (bicyclic) bond motifs is 1. The van der Waals surface area contributed by atoms with Gasteiger partial charge >= 0.3 is 0 Å². The summed E-state index contributed by atoms with van der Waals surface area (Å²) >= 11 is 0. The zero-order valence-electron chi connectivity index (χ0n) is 21.4. The maximum atomic E-state index is 4.80. The molecule has 7 heteroatoms. The summed E-state index contributed by atoms with van der Waals surface area (Å²) in [5, 5.41) is 10.2. The summed E-state index contributed by atoms with van der Waals surface area (Å²) < 4.78 is 0. The summed E-state index contributed by atoms with van der Waals surface area (Å²) in [6.45, 7) is 19.8. The highest BCUT2D eigenvalue weighted by molar-refractivity contribution is 5.81. The van der Waals surface area contributed by atoms with Crippen LogP contribution in [0.2, 0.25) is 0 Å². The van der Waals surface area contributed by atoms with E-state index in [0.29, 0.717) is 5.95 Å². The van der Waals surface area contributed by atoms with Gasteiger partial charge in [0.2, 0.25) is 5.95 Å². The third kappa shape index (κ3) is 5.74. The van der Waals surface area contributed by atoms with E-state index >= 15 is 0 Å². The van der Waals surface area contributed by atoms with E-state index < -0.39 is 0 Å². The van der Waals surface area contributed by atoms with Gasteiger partial charge in [0.1, 0.15) is 5.82 Å². The van der Waals surface area contributed by atoms with Crippen molar-refractivity contribution in [1.82, 2.24) is 25.1 Å². The van der Waals surface area contributed by atoms with Crippen LogP contribution in [0.1, 0.15) is 37.0 Å². The molecule has 35 heavy (non-hydrogen) atoms. The fourth-order valence-electron chi connectivity index (χ4n) is 4.28. The number of nitrogens with one attached hydrogen (secondary N) is 3. The molecule has 0 amide bonds. The van der Waals surface area contributed by atoms with Gasteiger partial charge in [0.25, 0.3) is 0 Å². The standard InChI is InChI=1S/C28H37N7/c1-7-19(2)24(12-11-21(4)35-15-13-34(6)14-16-35)32-28-30-17-20(3)27(33-28)31-25-10-8-9-23-18-29-22(5)26(23)25/h8-12,17,29H,2,5,7,13-16,18H2,1,3-4,6H3,(H2,30,31,32,33)/b21-11+,24-12+. The second-order valence-electron chi connectivity index (χ2n) is 9.28. The highest BCUT2D eigenvalue weighted by atomic mass is 15.2. The minimum absolute atomic E-state index is 0.536. The van der Waals surface area contributed by atoms with E-state index in [9.17, 15) is 0 Å². The van der Waals surface area contributed by atoms with Crippen molar-refractivity contribution in [2.75, 3.05) is 43.9 Å². The number of hydrogen-bond donors (Lipinski definition) is 3. The van der Waals surface area contributed by atoms with E-state index in [1.807, 2.05) is 13.1 Å². The lowest BCUT2D eigenvalue weighted by Crippen LogP contribution is -2.43. The monoisotopic (exact) mass is 471 g/mol. The summed E-state index contributed by atoms with van der Waals surface area (Å²) in [4.78, 5) is 14.1. The highest BCUT2D eigenvalue weighted by Crippen LogP contribution is 2.32. The molecule has 3 heterocycles. The van der Waals surface area contributed by atoms with E-state index in [-0.39, 0.29) is 0 Å². The van der Waals surface area contributed by atoms with Crippen molar-refractivity contribution >= 4 is 23.2 Å². The van der Waals surface area contributed by atoms with E-state index in [4.69, 9.17) is 4.98 Å². The third-order valence-corrected chi connectivity index (χ3v) is 6.72. The smallest absolute Gasteiger partial charge is 0.229 e. The van der Waals surface area contributed by atoms with Gasteiger partial charge in [-0.25, -0.2) is 4.98 Å². The van der Waals surface area contributed by atoms with Gasteiger partial charge in [-0.05, 0) is 56.7 Å². The number of anilines is 3. The molecule has 1 saturated heterocycles. The molecule has 1 aromatic carbocycles. The first kappa shape index (κ1) is 24.5. The van der Waals surface area contributed by atoms with E-state index in [2.05, 4.69) is 95.1 Å². The number of aryl methyl sites for hydroxylation is 1. The van der Waals surface area contributed by atoms with E-state index in [1.165, 1.54) is 11.3 Å². The number of benzene rings is 1. The molecule has 0 aliphatic carbocycles.